The molecule has 118 valence electrons. The first-order valence-electron chi connectivity index (χ1n) is 7.04. The molecule has 0 saturated heterocycles. The molecular weight excluding hydrogens is 320 g/mol. The Labute approximate surface area is 136 Å². The summed E-state index contributed by atoms with van der Waals surface area (Å²) >= 11 is 3.21. The van der Waals surface area contributed by atoms with Crippen LogP contribution in [0.1, 0.15) is 41.5 Å². The van der Waals surface area contributed by atoms with Crippen LogP contribution >= 0.6 is 23.1 Å². The van der Waals surface area contributed by atoms with Crippen LogP contribution in [0.5, 0.6) is 0 Å². The first-order chi connectivity index (χ1) is 10.6. The first-order valence-corrected chi connectivity index (χ1v) is 9.37. The number of nitrogens with two attached hydrogens (primary N) is 1. The number of carbonyl (C=O) groups is 1. The van der Waals surface area contributed by atoms with Gasteiger partial charge >= 0.3 is 0 Å². The van der Waals surface area contributed by atoms with Crippen LogP contribution in [0.15, 0.2) is 16.8 Å². The third-order valence-electron chi connectivity index (χ3n) is 3.60. The summed E-state index contributed by atoms with van der Waals surface area (Å²) in [4.78, 5) is 13.7. The molecule has 1 aliphatic rings. The smallest absolute Gasteiger partial charge is 0.252 e. The van der Waals surface area contributed by atoms with Crippen molar-refractivity contribution >= 4 is 29.0 Å². The molecule has 0 unspecified atom stereocenters. The number of aromatic nitrogens is 4. The Balaban J connectivity index is 1.74. The predicted octanol–water partition coefficient (Wildman–Crippen LogP) is 1.36. The van der Waals surface area contributed by atoms with E-state index in [1.165, 1.54) is 16.1 Å². The Bertz CT molecular complexity index is 637. The van der Waals surface area contributed by atoms with Crippen LogP contribution in [0.4, 0.5) is 0 Å². The summed E-state index contributed by atoms with van der Waals surface area (Å²) in [5.41, 5.74) is 6.24. The lowest BCUT2D eigenvalue weighted by Gasteiger charge is -2.14. The molecule has 22 heavy (non-hydrogen) atoms. The number of rotatable bonds is 7. The second-order valence-corrected chi connectivity index (χ2v) is 7.13. The highest BCUT2D eigenvalue weighted by Crippen LogP contribution is 2.36. The number of thiophene rings is 1. The molecule has 2 aromatic rings. The van der Waals surface area contributed by atoms with E-state index in [1.54, 1.807) is 17.8 Å². The topological polar surface area (TPSA) is 98.7 Å². The van der Waals surface area contributed by atoms with E-state index in [1.807, 2.05) is 17.0 Å². The summed E-state index contributed by atoms with van der Waals surface area (Å²) in [6.45, 7) is 0. The van der Waals surface area contributed by atoms with Gasteiger partial charge in [0.1, 0.15) is 5.66 Å². The van der Waals surface area contributed by atoms with Gasteiger partial charge in [-0.15, -0.1) is 15.0 Å². The number of carbonyl (C=O) groups excluding carboxylic acids is 1. The van der Waals surface area contributed by atoms with Crippen molar-refractivity contribution in [1.82, 2.24) is 25.5 Å². The summed E-state index contributed by atoms with van der Waals surface area (Å²) in [6.07, 6.45) is 4.50. The van der Waals surface area contributed by atoms with Gasteiger partial charge in [0.2, 0.25) is 0 Å². The van der Waals surface area contributed by atoms with Gasteiger partial charge in [0.25, 0.3) is 5.91 Å². The van der Waals surface area contributed by atoms with Crippen molar-refractivity contribution in [1.29, 1.82) is 0 Å². The van der Waals surface area contributed by atoms with Crippen molar-refractivity contribution in [2.75, 3.05) is 12.0 Å². The number of nitrogens with zero attached hydrogens (tertiary/aromatic N) is 4. The minimum Gasteiger partial charge on any atom is -0.342 e. The average Bonchev–Trinajstić information content (AvgIpc) is 3.00. The number of amides is 1. The van der Waals surface area contributed by atoms with E-state index in [0.29, 0.717) is 11.4 Å². The number of thioether (sulfide) groups is 1. The molecule has 1 amide bonds. The number of nitrogens with one attached hydrogen (secondary N) is 1. The molecular formula is C13H18N6OS2. The van der Waals surface area contributed by atoms with Crippen LogP contribution in [0, 0.1) is 0 Å². The Morgan fingerprint density at radius 2 is 2.45 bits per heavy atom. The van der Waals surface area contributed by atoms with E-state index in [2.05, 4.69) is 20.7 Å². The van der Waals surface area contributed by atoms with E-state index < -0.39 is 5.66 Å². The minimum atomic E-state index is -0.479. The maximum atomic E-state index is 12.3. The number of tetrazole rings is 1. The van der Waals surface area contributed by atoms with Crippen LogP contribution in [0.2, 0.25) is 0 Å². The molecule has 2 aromatic heterocycles. The molecule has 1 saturated carbocycles. The van der Waals surface area contributed by atoms with E-state index in [0.717, 1.165) is 25.0 Å². The van der Waals surface area contributed by atoms with Crippen LogP contribution in [0.3, 0.4) is 0 Å². The number of hydrogen-bond acceptors (Lipinski definition) is 7. The highest BCUT2D eigenvalue weighted by Gasteiger charge is 2.43. The summed E-state index contributed by atoms with van der Waals surface area (Å²) in [6, 6.07) is 1.55. The van der Waals surface area contributed by atoms with Gasteiger partial charge in [-0.2, -0.15) is 23.1 Å². The molecule has 0 aliphatic heterocycles. The lowest BCUT2D eigenvalue weighted by Crippen LogP contribution is -2.31. The Kier molecular flexibility index (Phi) is 4.46. The fraction of sp³-hybridized carbons (Fsp3) is 0.538. The molecule has 7 nitrogen and oxygen atoms in total. The molecule has 0 bridgehead atoms. The molecule has 0 aromatic carbocycles. The Morgan fingerprint density at radius 3 is 3.09 bits per heavy atom. The monoisotopic (exact) mass is 338 g/mol. The maximum absolute atomic E-state index is 12.3. The Morgan fingerprint density at radius 1 is 1.64 bits per heavy atom. The molecule has 1 atom stereocenters. The third-order valence-corrected chi connectivity index (χ3v) is 4.93. The van der Waals surface area contributed by atoms with Gasteiger partial charge in [-0.3, -0.25) is 4.79 Å². The van der Waals surface area contributed by atoms with E-state index >= 15 is 0 Å². The second-order valence-electron chi connectivity index (χ2n) is 5.36. The Hall–Kier alpha value is -1.45. The SMILES string of the molecule is CSCC[C@H](NC(=O)c1ccsc1)c1nnn(C2(N)CC2)n1. The second kappa shape index (κ2) is 6.35. The van der Waals surface area contributed by atoms with Gasteiger partial charge in [0, 0.05) is 5.38 Å². The van der Waals surface area contributed by atoms with Gasteiger partial charge in [-0.1, -0.05) is 0 Å². The van der Waals surface area contributed by atoms with E-state index in [4.69, 9.17) is 5.73 Å². The van der Waals surface area contributed by atoms with Crippen LogP contribution < -0.4 is 11.1 Å². The summed E-state index contributed by atoms with van der Waals surface area (Å²) in [5.74, 6) is 1.31. The normalized spacial score (nSPS) is 17.2. The van der Waals surface area contributed by atoms with Crippen molar-refractivity contribution in [3.8, 4) is 0 Å². The molecule has 0 spiro atoms. The minimum absolute atomic E-state index is 0.113. The fourth-order valence-corrected chi connectivity index (χ4v) is 3.13. The summed E-state index contributed by atoms with van der Waals surface area (Å²) in [7, 11) is 0. The molecule has 3 rings (SSSR count). The highest BCUT2D eigenvalue weighted by atomic mass is 32.2. The molecule has 9 heteroatoms. The van der Waals surface area contributed by atoms with Crippen molar-refractivity contribution in [2.45, 2.75) is 31.0 Å². The zero-order valence-electron chi connectivity index (χ0n) is 12.2. The molecule has 0 radical (unpaired) electrons. The van der Waals surface area contributed by atoms with Gasteiger partial charge in [-0.05, 0) is 47.9 Å². The predicted molar refractivity (Wildman–Crippen MR) is 86.7 cm³/mol. The molecule has 1 fully saturated rings. The molecule has 2 heterocycles. The maximum Gasteiger partial charge on any atom is 0.252 e. The van der Waals surface area contributed by atoms with E-state index in [-0.39, 0.29) is 11.9 Å². The van der Waals surface area contributed by atoms with Crippen LogP contribution in [-0.4, -0.2) is 38.1 Å². The quantitative estimate of drug-likeness (QED) is 0.791. The summed E-state index contributed by atoms with van der Waals surface area (Å²) < 4.78 is 0. The van der Waals surface area contributed by atoms with Crippen LogP contribution in [-0.2, 0) is 5.66 Å². The average molecular weight is 338 g/mol. The number of hydrogen-bond donors (Lipinski definition) is 2. The zero-order valence-corrected chi connectivity index (χ0v) is 13.9. The zero-order chi connectivity index (χ0) is 15.6. The lowest BCUT2D eigenvalue weighted by molar-refractivity contribution is 0.0934. The van der Waals surface area contributed by atoms with Gasteiger partial charge in [0.05, 0.1) is 11.6 Å². The van der Waals surface area contributed by atoms with E-state index in [9.17, 15) is 4.79 Å². The van der Waals surface area contributed by atoms with Crippen LogP contribution in [0.25, 0.3) is 0 Å². The largest absolute Gasteiger partial charge is 0.342 e. The van der Waals surface area contributed by atoms with Gasteiger partial charge in [0.15, 0.2) is 5.82 Å². The fourth-order valence-electron chi connectivity index (χ4n) is 2.02. The van der Waals surface area contributed by atoms with Crippen molar-refractivity contribution in [3.05, 3.63) is 28.2 Å². The van der Waals surface area contributed by atoms with Gasteiger partial charge in [-0.25, -0.2) is 0 Å². The standard InChI is InChI=1S/C13H18N6OS2/c1-21-6-3-10(15-12(20)9-2-7-22-8-9)11-16-18-19(17-11)13(14)4-5-13/h2,7-8,10H,3-6,14H2,1H3,(H,15,20)/t10-/m0/s1. The highest BCUT2D eigenvalue weighted by molar-refractivity contribution is 7.98. The molecule has 1 aliphatic carbocycles. The lowest BCUT2D eigenvalue weighted by atomic mass is 10.2. The molecule has 3 N–H and O–H groups in total. The van der Waals surface area contributed by atoms with Gasteiger partial charge < -0.3 is 11.1 Å². The third kappa shape index (κ3) is 3.31. The first kappa shape index (κ1) is 15.4. The summed E-state index contributed by atoms with van der Waals surface area (Å²) in [5, 5.41) is 19.2. The van der Waals surface area contributed by atoms with Crippen molar-refractivity contribution < 1.29 is 4.79 Å². The van der Waals surface area contributed by atoms with Crippen molar-refractivity contribution in [2.24, 2.45) is 5.73 Å². The van der Waals surface area contributed by atoms with Crippen molar-refractivity contribution in [3.63, 3.8) is 0 Å².